The van der Waals surface area contributed by atoms with Crippen LogP contribution in [0, 0.1) is 0 Å². The molecule has 0 saturated heterocycles. The molecule has 0 heterocycles. The van der Waals surface area contributed by atoms with E-state index in [4.69, 9.17) is 0 Å². The second-order valence-electron chi connectivity index (χ2n) is 3.55. The lowest BCUT2D eigenvalue weighted by Gasteiger charge is -2.11. The van der Waals surface area contributed by atoms with Crippen molar-refractivity contribution in [2.75, 3.05) is 7.05 Å². The van der Waals surface area contributed by atoms with Gasteiger partial charge in [-0.1, -0.05) is 12.2 Å². The third-order valence-electron chi connectivity index (χ3n) is 1.90. The first kappa shape index (κ1) is 13.8. The summed E-state index contributed by atoms with van der Waals surface area (Å²) in [5, 5.41) is 2.73. The maximum absolute atomic E-state index is 12.6. The second-order valence-corrected chi connectivity index (χ2v) is 3.55. The van der Waals surface area contributed by atoms with Crippen LogP contribution in [0.15, 0.2) is 28.9 Å². The van der Waals surface area contributed by atoms with Gasteiger partial charge >= 0.3 is 0 Å². The van der Waals surface area contributed by atoms with E-state index in [0.29, 0.717) is 12.0 Å². The van der Waals surface area contributed by atoms with Crippen molar-refractivity contribution >= 4 is 6.34 Å². The molecule has 0 aromatic rings. The molecule has 0 fully saturated rings. The Bertz CT molecular complexity index is 262. The third-order valence-corrected chi connectivity index (χ3v) is 1.90. The summed E-state index contributed by atoms with van der Waals surface area (Å²) in [6.07, 6.45) is 3.24. The van der Waals surface area contributed by atoms with Gasteiger partial charge in [0, 0.05) is 19.7 Å². The van der Waals surface area contributed by atoms with Crippen LogP contribution in [-0.4, -0.2) is 19.3 Å². The van der Waals surface area contributed by atoms with Crippen molar-refractivity contribution < 1.29 is 8.78 Å². The Labute approximate surface area is 89.8 Å². The van der Waals surface area contributed by atoms with E-state index in [0.717, 1.165) is 12.5 Å². The molecule has 4 heteroatoms. The van der Waals surface area contributed by atoms with Gasteiger partial charge in [0.15, 0.2) is 0 Å². The number of nitrogens with one attached hydrogen (secondary N) is 1. The standard InChI is InChI=1S/C11H18F2N2/c1-9(5-6-11(3,12)13)10(2)7-15-8-14-4/h7-8H,1,5-6H2,2-4H3,(H,14,15)/b10-7-. The van der Waals surface area contributed by atoms with Gasteiger partial charge in [0.2, 0.25) is 5.92 Å². The molecule has 0 saturated carbocycles. The Morgan fingerprint density at radius 3 is 2.60 bits per heavy atom. The van der Waals surface area contributed by atoms with E-state index in [-0.39, 0.29) is 6.42 Å². The van der Waals surface area contributed by atoms with Gasteiger partial charge in [-0.25, -0.2) is 13.8 Å². The summed E-state index contributed by atoms with van der Waals surface area (Å²) in [6, 6.07) is 0. The zero-order chi connectivity index (χ0) is 11.9. The molecule has 0 aliphatic heterocycles. The quantitative estimate of drug-likeness (QED) is 0.412. The van der Waals surface area contributed by atoms with Gasteiger partial charge in [-0.2, -0.15) is 0 Å². The minimum absolute atomic E-state index is 0.174. The molecule has 0 amide bonds. The van der Waals surface area contributed by atoms with Crippen LogP contribution < -0.4 is 5.32 Å². The van der Waals surface area contributed by atoms with Crippen molar-refractivity contribution in [3.63, 3.8) is 0 Å². The fourth-order valence-corrected chi connectivity index (χ4v) is 0.882. The van der Waals surface area contributed by atoms with Gasteiger partial charge in [0.05, 0.1) is 6.34 Å². The minimum Gasteiger partial charge on any atom is -0.379 e. The first-order valence-electron chi connectivity index (χ1n) is 4.78. The molecule has 1 N–H and O–H groups in total. The molecule has 2 nitrogen and oxygen atoms in total. The van der Waals surface area contributed by atoms with E-state index in [1.54, 1.807) is 13.2 Å². The highest BCUT2D eigenvalue weighted by Gasteiger charge is 2.20. The smallest absolute Gasteiger partial charge is 0.245 e. The Balaban J connectivity index is 4.11. The van der Waals surface area contributed by atoms with Gasteiger partial charge in [-0.15, -0.1) is 0 Å². The van der Waals surface area contributed by atoms with Crippen LogP contribution in [0.2, 0.25) is 0 Å². The van der Waals surface area contributed by atoms with E-state index in [1.165, 1.54) is 6.34 Å². The number of hydrogen-bond donors (Lipinski definition) is 1. The molecule has 0 rings (SSSR count). The van der Waals surface area contributed by atoms with Crippen LogP contribution in [0.4, 0.5) is 8.78 Å². The maximum Gasteiger partial charge on any atom is 0.245 e. The Hall–Kier alpha value is -1.19. The highest BCUT2D eigenvalue weighted by molar-refractivity contribution is 5.54. The Morgan fingerprint density at radius 2 is 2.13 bits per heavy atom. The van der Waals surface area contributed by atoms with Gasteiger partial charge in [0.1, 0.15) is 0 Å². The summed E-state index contributed by atoms with van der Waals surface area (Å²) in [5.74, 6) is -2.63. The average molecular weight is 216 g/mol. The molecule has 0 aliphatic carbocycles. The predicted molar refractivity (Wildman–Crippen MR) is 60.3 cm³/mol. The highest BCUT2D eigenvalue weighted by atomic mass is 19.3. The maximum atomic E-state index is 12.6. The van der Waals surface area contributed by atoms with Crippen LogP contribution in [0.25, 0.3) is 0 Å². The summed E-state index contributed by atoms with van der Waals surface area (Å²) in [5.41, 5.74) is 1.52. The topological polar surface area (TPSA) is 24.4 Å². The highest BCUT2D eigenvalue weighted by Crippen LogP contribution is 2.23. The van der Waals surface area contributed by atoms with Crippen molar-refractivity contribution in [1.29, 1.82) is 0 Å². The van der Waals surface area contributed by atoms with E-state index < -0.39 is 5.92 Å². The summed E-state index contributed by atoms with van der Waals surface area (Å²) in [7, 11) is 1.74. The van der Waals surface area contributed by atoms with E-state index in [2.05, 4.69) is 16.9 Å². The van der Waals surface area contributed by atoms with Crippen molar-refractivity contribution in [2.45, 2.75) is 32.6 Å². The molecule has 0 bridgehead atoms. The number of aliphatic imine (C=N–C) groups is 1. The zero-order valence-electron chi connectivity index (χ0n) is 9.48. The van der Waals surface area contributed by atoms with Crippen LogP contribution in [0.1, 0.15) is 26.7 Å². The Kier molecular flexibility index (Phi) is 5.82. The summed E-state index contributed by atoms with van der Waals surface area (Å²) < 4.78 is 25.1. The summed E-state index contributed by atoms with van der Waals surface area (Å²) in [6.45, 7) is 6.46. The van der Waals surface area contributed by atoms with Crippen LogP contribution in [0.5, 0.6) is 0 Å². The first-order chi connectivity index (χ1) is 6.87. The molecular formula is C11H18F2N2. The Morgan fingerprint density at radius 1 is 1.53 bits per heavy atom. The van der Waals surface area contributed by atoms with E-state index in [9.17, 15) is 8.78 Å². The molecule has 15 heavy (non-hydrogen) atoms. The van der Waals surface area contributed by atoms with Crippen molar-refractivity contribution in [3.05, 3.63) is 23.9 Å². The largest absolute Gasteiger partial charge is 0.379 e. The molecule has 86 valence electrons. The number of nitrogens with zero attached hydrogens (tertiary/aromatic N) is 1. The van der Waals surface area contributed by atoms with Crippen LogP contribution in [0.3, 0.4) is 0 Å². The monoisotopic (exact) mass is 216 g/mol. The predicted octanol–water partition coefficient (Wildman–Crippen LogP) is 3.13. The molecule has 0 radical (unpaired) electrons. The van der Waals surface area contributed by atoms with Crippen molar-refractivity contribution in [3.8, 4) is 0 Å². The lowest BCUT2D eigenvalue weighted by Crippen LogP contribution is -2.09. The van der Waals surface area contributed by atoms with Gasteiger partial charge in [-0.3, -0.25) is 0 Å². The lowest BCUT2D eigenvalue weighted by atomic mass is 10.0. The normalized spacial score (nSPS) is 13.3. The van der Waals surface area contributed by atoms with E-state index >= 15 is 0 Å². The number of hydrogen-bond acceptors (Lipinski definition) is 1. The molecule has 0 spiro atoms. The van der Waals surface area contributed by atoms with Crippen LogP contribution in [-0.2, 0) is 0 Å². The summed E-state index contributed by atoms with van der Waals surface area (Å²) >= 11 is 0. The molecule has 0 aromatic heterocycles. The number of rotatable bonds is 6. The lowest BCUT2D eigenvalue weighted by molar-refractivity contribution is 0.0135. The fraction of sp³-hybridized carbons (Fsp3) is 0.545. The third kappa shape index (κ3) is 7.85. The molecular weight excluding hydrogens is 198 g/mol. The number of halogens is 2. The molecule has 0 aliphatic rings. The average Bonchev–Trinajstić information content (AvgIpc) is 2.13. The van der Waals surface area contributed by atoms with E-state index in [1.807, 2.05) is 6.92 Å². The first-order valence-corrected chi connectivity index (χ1v) is 4.78. The summed E-state index contributed by atoms with van der Waals surface area (Å²) in [4.78, 5) is 3.91. The van der Waals surface area contributed by atoms with Crippen molar-refractivity contribution in [1.82, 2.24) is 5.32 Å². The van der Waals surface area contributed by atoms with Crippen molar-refractivity contribution in [2.24, 2.45) is 4.99 Å². The van der Waals surface area contributed by atoms with Gasteiger partial charge < -0.3 is 5.32 Å². The van der Waals surface area contributed by atoms with Gasteiger partial charge in [0.25, 0.3) is 0 Å². The SMILES string of the molecule is C=C(CCC(C)(F)F)/C(C)=C\N=C/NC. The number of allylic oxidation sites excluding steroid dienone is 2. The number of alkyl halides is 2. The minimum atomic E-state index is -2.63. The molecule has 0 unspecified atom stereocenters. The molecule has 0 atom stereocenters. The zero-order valence-corrected chi connectivity index (χ0v) is 9.48. The van der Waals surface area contributed by atoms with Crippen LogP contribution >= 0.6 is 0 Å². The second kappa shape index (κ2) is 6.32. The molecule has 0 aromatic carbocycles. The fourth-order valence-electron chi connectivity index (χ4n) is 0.882. The van der Waals surface area contributed by atoms with Gasteiger partial charge in [-0.05, 0) is 25.8 Å².